The van der Waals surface area contributed by atoms with Gasteiger partial charge in [-0.3, -0.25) is 18.7 Å². The number of para-hydroxylation sites is 2. The lowest BCUT2D eigenvalue weighted by Crippen LogP contribution is -2.41. The first-order valence-electron chi connectivity index (χ1n) is 7.14. The third-order valence-corrected chi connectivity index (χ3v) is 3.96. The fourth-order valence-corrected chi connectivity index (χ4v) is 2.69. The van der Waals surface area contributed by atoms with Crippen LogP contribution in [0, 0.1) is 0 Å². The van der Waals surface area contributed by atoms with Crippen LogP contribution in [0.3, 0.4) is 0 Å². The van der Waals surface area contributed by atoms with Crippen LogP contribution < -0.4 is 5.69 Å². The predicted molar refractivity (Wildman–Crippen MR) is 79.5 cm³/mol. The molecule has 1 amide bonds. The molecule has 1 N–H and O–H groups in total. The molecule has 0 saturated heterocycles. The molecule has 1 saturated carbocycles. The topological polar surface area (TPSA) is 84.5 Å². The number of nitrogens with zero attached hydrogens (tertiary/aromatic N) is 3. The van der Waals surface area contributed by atoms with Crippen LogP contribution in [0.4, 0.5) is 0 Å². The molecular formula is C15H17N3O4. The summed E-state index contributed by atoms with van der Waals surface area (Å²) in [5.41, 5.74) is 1.14. The van der Waals surface area contributed by atoms with Crippen LogP contribution in [0.2, 0.25) is 0 Å². The van der Waals surface area contributed by atoms with E-state index in [1.165, 1.54) is 14.0 Å². The van der Waals surface area contributed by atoms with Gasteiger partial charge in [0.1, 0.15) is 13.1 Å². The number of carbonyl (C=O) groups is 2. The van der Waals surface area contributed by atoms with E-state index in [0.717, 1.165) is 18.4 Å². The number of fused-ring (bicyclic) bond motifs is 1. The zero-order valence-electron chi connectivity index (χ0n) is 12.2. The van der Waals surface area contributed by atoms with E-state index in [4.69, 9.17) is 5.11 Å². The molecule has 0 spiro atoms. The van der Waals surface area contributed by atoms with Gasteiger partial charge in [-0.1, -0.05) is 12.1 Å². The summed E-state index contributed by atoms with van der Waals surface area (Å²) in [5.74, 6) is -1.37. The highest BCUT2D eigenvalue weighted by atomic mass is 16.4. The van der Waals surface area contributed by atoms with Crippen molar-refractivity contribution in [3.8, 4) is 0 Å². The highest BCUT2D eigenvalue weighted by molar-refractivity contribution is 5.84. The zero-order valence-corrected chi connectivity index (χ0v) is 12.2. The minimum Gasteiger partial charge on any atom is -0.480 e. The van der Waals surface area contributed by atoms with Gasteiger partial charge in [0.15, 0.2) is 0 Å². The van der Waals surface area contributed by atoms with Gasteiger partial charge in [-0.05, 0) is 25.0 Å². The maximum Gasteiger partial charge on any atom is 0.329 e. The molecule has 1 aromatic heterocycles. The largest absolute Gasteiger partial charge is 0.480 e. The lowest BCUT2D eigenvalue weighted by molar-refractivity contribution is -0.145. The summed E-state index contributed by atoms with van der Waals surface area (Å²) in [6.07, 6.45) is 1.65. The van der Waals surface area contributed by atoms with Crippen molar-refractivity contribution in [1.29, 1.82) is 0 Å². The minimum absolute atomic E-state index is 0.00530. The maximum atomic E-state index is 12.4. The molecule has 0 radical (unpaired) electrons. The van der Waals surface area contributed by atoms with E-state index in [2.05, 4.69) is 0 Å². The molecule has 7 nitrogen and oxygen atoms in total. The standard InChI is InChI=1S/C15H17N3O4/c1-16-11-4-2-3-5-12(11)18(15(16)22)8-13(19)17(9-14(20)21)10-6-7-10/h2-5,10H,6-9H2,1H3,(H,20,21). The van der Waals surface area contributed by atoms with Crippen LogP contribution in [0.1, 0.15) is 12.8 Å². The fraction of sp³-hybridized carbons (Fsp3) is 0.400. The number of rotatable bonds is 5. The number of benzene rings is 1. The third kappa shape index (κ3) is 2.49. The molecule has 1 fully saturated rings. The van der Waals surface area contributed by atoms with Crippen molar-refractivity contribution in [2.75, 3.05) is 6.54 Å². The Morgan fingerprint density at radius 2 is 1.91 bits per heavy atom. The molecule has 22 heavy (non-hydrogen) atoms. The summed E-state index contributed by atoms with van der Waals surface area (Å²) in [5, 5.41) is 8.94. The van der Waals surface area contributed by atoms with Gasteiger partial charge in [-0.25, -0.2) is 4.79 Å². The number of amides is 1. The van der Waals surface area contributed by atoms with E-state index in [9.17, 15) is 14.4 Å². The number of carbonyl (C=O) groups excluding carboxylic acids is 1. The average Bonchev–Trinajstić information content (AvgIpc) is 3.30. The van der Waals surface area contributed by atoms with Gasteiger partial charge in [0, 0.05) is 13.1 Å². The normalized spacial score (nSPS) is 14.2. The van der Waals surface area contributed by atoms with E-state index >= 15 is 0 Å². The number of aliphatic carboxylic acids is 1. The van der Waals surface area contributed by atoms with E-state index in [1.54, 1.807) is 19.2 Å². The van der Waals surface area contributed by atoms with Crippen LogP contribution in [-0.4, -0.2) is 43.6 Å². The van der Waals surface area contributed by atoms with E-state index < -0.39 is 5.97 Å². The first-order valence-corrected chi connectivity index (χ1v) is 7.14. The molecule has 0 atom stereocenters. The summed E-state index contributed by atoms with van der Waals surface area (Å²) >= 11 is 0. The second kappa shape index (κ2) is 5.32. The van der Waals surface area contributed by atoms with Crippen LogP contribution in [0.5, 0.6) is 0 Å². The summed E-state index contributed by atoms with van der Waals surface area (Å²) < 4.78 is 2.89. The quantitative estimate of drug-likeness (QED) is 0.867. The molecule has 1 aliphatic rings. The molecule has 7 heteroatoms. The van der Waals surface area contributed by atoms with Gasteiger partial charge in [-0.15, -0.1) is 0 Å². The average molecular weight is 303 g/mol. The van der Waals surface area contributed by atoms with E-state index in [1.807, 2.05) is 12.1 Å². The number of carboxylic acids is 1. The minimum atomic E-state index is -1.04. The molecule has 1 aromatic carbocycles. The van der Waals surface area contributed by atoms with Crippen molar-refractivity contribution in [2.45, 2.75) is 25.4 Å². The number of aromatic nitrogens is 2. The summed E-state index contributed by atoms with van der Waals surface area (Å²) in [6, 6.07) is 7.22. The predicted octanol–water partition coefficient (Wildman–Crippen LogP) is 0.416. The Labute approximate surface area is 126 Å². The highest BCUT2D eigenvalue weighted by Gasteiger charge is 2.34. The molecule has 0 unspecified atom stereocenters. The van der Waals surface area contributed by atoms with Gasteiger partial charge in [-0.2, -0.15) is 0 Å². The van der Waals surface area contributed by atoms with Crippen LogP contribution in [0.25, 0.3) is 11.0 Å². The first kappa shape index (κ1) is 14.4. The molecule has 1 aliphatic carbocycles. The Morgan fingerprint density at radius 1 is 1.27 bits per heavy atom. The molecule has 0 bridgehead atoms. The summed E-state index contributed by atoms with van der Waals surface area (Å²) in [4.78, 5) is 37.0. The van der Waals surface area contributed by atoms with Crippen molar-refractivity contribution in [2.24, 2.45) is 7.05 Å². The van der Waals surface area contributed by atoms with Gasteiger partial charge >= 0.3 is 11.7 Å². The van der Waals surface area contributed by atoms with Gasteiger partial charge in [0.25, 0.3) is 0 Å². The number of hydrogen-bond acceptors (Lipinski definition) is 3. The molecule has 1 heterocycles. The van der Waals surface area contributed by atoms with E-state index in [-0.39, 0.29) is 30.7 Å². The Balaban J connectivity index is 1.92. The van der Waals surface area contributed by atoms with Crippen molar-refractivity contribution in [3.05, 3.63) is 34.7 Å². The van der Waals surface area contributed by atoms with Crippen molar-refractivity contribution in [3.63, 3.8) is 0 Å². The number of carboxylic acid groups (broad SMARTS) is 1. The summed E-state index contributed by atoms with van der Waals surface area (Å²) in [6.45, 7) is -0.451. The van der Waals surface area contributed by atoms with Gasteiger partial charge in [0.05, 0.1) is 11.0 Å². The van der Waals surface area contributed by atoms with Crippen LogP contribution >= 0.6 is 0 Å². The monoisotopic (exact) mass is 303 g/mol. The second-order valence-electron chi connectivity index (χ2n) is 5.56. The number of imidazole rings is 1. The van der Waals surface area contributed by atoms with Gasteiger partial charge < -0.3 is 10.0 Å². The van der Waals surface area contributed by atoms with Crippen molar-refractivity contribution >= 4 is 22.9 Å². The van der Waals surface area contributed by atoms with Crippen molar-refractivity contribution in [1.82, 2.24) is 14.0 Å². The Morgan fingerprint density at radius 3 is 2.50 bits per heavy atom. The summed E-state index contributed by atoms with van der Waals surface area (Å²) in [7, 11) is 1.65. The SMILES string of the molecule is Cn1c(=O)n(CC(=O)N(CC(=O)O)C2CC2)c2ccccc21. The van der Waals surface area contributed by atoms with E-state index in [0.29, 0.717) is 5.52 Å². The van der Waals surface area contributed by atoms with Crippen LogP contribution in [0.15, 0.2) is 29.1 Å². The Kier molecular flexibility index (Phi) is 3.48. The Bertz CT molecular complexity index is 801. The number of hydrogen-bond donors (Lipinski definition) is 1. The molecule has 3 rings (SSSR count). The second-order valence-corrected chi connectivity index (χ2v) is 5.56. The number of aryl methyl sites for hydroxylation is 1. The lowest BCUT2D eigenvalue weighted by Gasteiger charge is -2.20. The lowest BCUT2D eigenvalue weighted by atomic mass is 10.3. The zero-order chi connectivity index (χ0) is 15.9. The third-order valence-electron chi connectivity index (χ3n) is 3.96. The molecular weight excluding hydrogens is 286 g/mol. The van der Waals surface area contributed by atoms with Gasteiger partial charge in [0.2, 0.25) is 5.91 Å². The molecule has 2 aromatic rings. The molecule has 0 aliphatic heterocycles. The molecule has 116 valence electrons. The maximum absolute atomic E-state index is 12.4. The smallest absolute Gasteiger partial charge is 0.329 e. The fourth-order valence-electron chi connectivity index (χ4n) is 2.69. The highest BCUT2D eigenvalue weighted by Crippen LogP contribution is 2.27. The first-order chi connectivity index (χ1) is 10.5. The Hall–Kier alpha value is -2.57. The van der Waals surface area contributed by atoms with Crippen LogP contribution in [-0.2, 0) is 23.2 Å². The van der Waals surface area contributed by atoms with Crippen molar-refractivity contribution < 1.29 is 14.7 Å².